The SMILES string of the molecule is CCOC(O)C1C(C)OC(O)(C(C)(C)[C@H]2OC(CO)[C@@H](O)C(O)C2OC(O)C2C(O[C@@H](O)C3C(O[C@@H](O)C4C5OC(O)([C@@H](O)C6C(OC(C)(C)I)[C@H](O)C(CO)[C@H]6O)[C@@H]5[C@]4(O)CCO)C(CO)[C@@H](O)C3O)C(CO)[C@@H](O)C2O)C(CO)C1O. The molecule has 7 rings (SSSR count). The molecule has 0 aromatic carbocycles. The van der Waals surface area contributed by atoms with Crippen LogP contribution in [0.1, 0.15) is 48.0 Å². The maximum atomic E-state index is 12.5. The van der Waals surface area contributed by atoms with E-state index in [2.05, 4.69) is 0 Å². The van der Waals surface area contributed by atoms with Crippen molar-refractivity contribution < 1.29 is 155 Å². The standard InChI is InChI=1S/C51H89IO31/c1-7-76-43(69)21-15(2)81-51(75,19(13-57)30(21)63)47(3,4)42-39(34(67)31(64)20(14-58)77-42)80-45(71)23-32(65)27(60)17(11-55)35(23)78-44(70)24-33(66)28(61)18(12-56)36(24)79-46(72)25-38-40(49(25,73)8-9-53)50(74,83-38)41(68)22-26(59)16(10-54)29(62)37(22)82-48(5,6)52/h15-46,53-75H,7-14H2,1-6H3/t15?,16?,17?,18?,19?,20?,21?,22?,23?,24?,25?,26-,27-,28-,29-,30?,31-,32?,33?,34?,35?,36?,37?,38?,39?,40+,41+,42+,43?,44-,45?,46-,49+,50?,51?/m1/s1. The van der Waals surface area contributed by atoms with E-state index in [4.69, 9.17) is 37.9 Å². The molecule has 3 heterocycles. The second kappa shape index (κ2) is 26.4. The fourth-order valence-electron chi connectivity index (χ4n) is 14.8. The van der Waals surface area contributed by atoms with Gasteiger partial charge in [-0.3, -0.25) is 0 Å². The Morgan fingerprint density at radius 3 is 1.53 bits per heavy atom. The number of aliphatic hydroxyl groups is 23. The van der Waals surface area contributed by atoms with Gasteiger partial charge in [0.1, 0.15) is 34.1 Å². The summed E-state index contributed by atoms with van der Waals surface area (Å²) in [7, 11) is 0. The van der Waals surface area contributed by atoms with Crippen LogP contribution in [0.2, 0.25) is 0 Å². The smallest absolute Gasteiger partial charge is 0.200 e. The molecular weight excluding hydrogens is 1240 g/mol. The van der Waals surface area contributed by atoms with Gasteiger partial charge in [-0.25, -0.2) is 0 Å². The Hall–Kier alpha value is -0.510. The van der Waals surface area contributed by atoms with Crippen LogP contribution in [0, 0.1) is 64.6 Å². The molecule has 4 aliphatic carbocycles. The van der Waals surface area contributed by atoms with E-state index in [1.54, 1.807) is 20.8 Å². The molecule has 7 fully saturated rings. The Labute approximate surface area is 490 Å². The van der Waals surface area contributed by atoms with Crippen molar-refractivity contribution >= 4 is 22.6 Å². The summed E-state index contributed by atoms with van der Waals surface area (Å²) in [6, 6.07) is 0. The first-order valence-corrected chi connectivity index (χ1v) is 29.0. The Bertz CT molecular complexity index is 2100. The van der Waals surface area contributed by atoms with Crippen molar-refractivity contribution in [3.05, 3.63) is 0 Å². The number of alkyl halides is 1. The maximum absolute atomic E-state index is 12.5. The van der Waals surface area contributed by atoms with Gasteiger partial charge < -0.3 is 155 Å². The van der Waals surface area contributed by atoms with Crippen molar-refractivity contribution in [2.75, 3.05) is 46.2 Å². The Morgan fingerprint density at radius 2 is 1.06 bits per heavy atom. The van der Waals surface area contributed by atoms with E-state index in [1.165, 1.54) is 20.8 Å². The zero-order valence-electron chi connectivity index (χ0n) is 46.6. The lowest BCUT2D eigenvalue weighted by molar-refractivity contribution is -0.512. The molecule has 0 aromatic rings. The van der Waals surface area contributed by atoms with Crippen molar-refractivity contribution in [1.82, 2.24) is 0 Å². The molecule has 0 amide bonds. The van der Waals surface area contributed by atoms with Gasteiger partial charge in [-0.2, -0.15) is 0 Å². The van der Waals surface area contributed by atoms with Gasteiger partial charge in [-0.05, 0) is 50.3 Å². The molecule has 32 heteroatoms. The molecule has 3 aliphatic heterocycles. The quantitative estimate of drug-likeness (QED) is 0.0229. The zero-order chi connectivity index (χ0) is 62.3. The van der Waals surface area contributed by atoms with Crippen LogP contribution in [-0.4, -0.2) is 320 Å². The fraction of sp³-hybridized carbons (Fsp3) is 1.00. The van der Waals surface area contributed by atoms with Crippen LogP contribution >= 0.6 is 22.6 Å². The largest absolute Gasteiger partial charge is 0.396 e. The molecule has 486 valence electrons. The van der Waals surface area contributed by atoms with Gasteiger partial charge in [-0.15, -0.1) is 0 Å². The molecule has 35 atom stereocenters. The molecule has 0 spiro atoms. The van der Waals surface area contributed by atoms with Crippen molar-refractivity contribution in [1.29, 1.82) is 0 Å². The van der Waals surface area contributed by atoms with Crippen LogP contribution in [-0.2, 0) is 37.9 Å². The van der Waals surface area contributed by atoms with Crippen LogP contribution in [0.25, 0.3) is 0 Å². The van der Waals surface area contributed by atoms with Gasteiger partial charge in [0.2, 0.25) is 5.79 Å². The van der Waals surface area contributed by atoms with Gasteiger partial charge in [0.25, 0.3) is 0 Å². The van der Waals surface area contributed by atoms with Crippen LogP contribution in [0.15, 0.2) is 0 Å². The van der Waals surface area contributed by atoms with Gasteiger partial charge >= 0.3 is 0 Å². The maximum Gasteiger partial charge on any atom is 0.200 e. The highest BCUT2D eigenvalue weighted by atomic mass is 127. The predicted molar refractivity (Wildman–Crippen MR) is 278 cm³/mol. The number of hydrogen-bond acceptors (Lipinski definition) is 31. The van der Waals surface area contributed by atoms with Gasteiger partial charge in [-0.1, -0.05) is 13.8 Å². The third-order valence-electron chi connectivity index (χ3n) is 19.3. The average molecular weight is 1330 g/mol. The van der Waals surface area contributed by atoms with E-state index in [0.717, 1.165) is 0 Å². The van der Waals surface area contributed by atoms with Gasteiger partial charge in [0, 0.05) is 48.7 Å². The van der Waals surface area contributed by atoms with E-state index in [0.29, 0.717) is 0 Å². The molecule has 4 saturated carbocycles. The van der Waals surface area contributed by atoms with Crippen molar-refractivity contribution in [3.63, 3.8) is 0 Å². The average Bonchev–Trinajstić information content (AvgIpc) is 1.02. The molecule has 3 saturated heterocycles. The summed E-state index contributed by atoms with van der Waals surface area (Å²) in [4.78, 5) is 0. The number of halogens is 1. The number of fused-ring (bicyclic) bond motifs is 1. The first-order valence-electron chi connectivity index (χ1n) is 27.9. The summed E-state index contributed by atoms with van der Waals surface area (Å²) < 4.78 is 45.9. The highest BCUT2D eigenvalue weighted by molar-refractivity contribution is 14.1. The van der Waals surface area contributed by atoms with Gasteiger partial charge in [0.05, 0.1) is 153 Å². The molecule has 0 bridgehead atoms. The van der Waals surface area contributed by atoms with Crippen LogP contribution < -0.4 is 0 Å². The molecular formula is C51H89IO31. The summed E-state index contributed by atoms with van der Waals surface area (Å²) in [5.74, 6) is -21.8. The summed E-state index contributed by atoms with van der Waals surface area (Å²) >= 11 is 1.87. The van der Waals surface area contributed by atoms with Crippen molar-refractivity contribution in [2.45, 2.75) is 204 Å². The van der Waals surface area contributed by atoms with Crippen molar-refractivity contribution in [2.24, 2.45) is 64.6 Å². The minimum atomic E-state index is -2.78. The predicted octanol–water partition coefficient (Wildman–Crippen LogP) is -10.1. The first kappa shape index (κ1) is 70.0. The van der Waals surface area contributed by atoms with Crippen LogP contribution in [0.5, 0.6) is 0 Å². The van der Waals surface area contributed by atoms with Gasteiger partial charge in [0.15, 0.2) is 30.9 Å². The minimum absolute atomic E-state index is 0.00624. The zero-order valence-corrected chi connectivity index (χ0v) is 48.7. The van der Waals surface area contributed by atoms with E-state index in [1.807, 2.05) is 22.6 Å². The molecule has 7 aliphatic rings. The lowest BCUT2D eigenvalue weighted by atomic mass is 9.49. The number of aliphatic hydroxyl groups excluding tert-OH is 20. The monoisotopic (exact) mass is 1320 g/mol. The Morgan fingerprint density at radius 1 is 0.542 bits per heavy atom. The Balaban J connectivity index is 1.14. The molecule has 24 unspecified atom stereocenters. The number of hydrogen-bond donors (Lipinski definition) is 23. The molecule has 23 N–H and O–H groups in total. The topological polar surface area (TPSA) is 539 Å². The molecule has 0 radical (unpaired) electrons. The van der Waals surface area contributed by atoms with E-state index < -0.39 is 266 Å². The molecule has 31 nitrogen and oxygen atoms in total. The highest BCUT2D eigenvalue weighted by Gasteiger charge is 2.82. The van der Waals surface area contributed by atoms with Crippen LogP contribution in [0.3, 0.4) is 0 Å². The second-order valence-corrected chi connectivity index (χ2v) is 27.2. The number of ether oxygens (including phenoxy) is 8. The second-order valence-electron chi connectivity index (χ2n) is 24.6. The lowest BCUT2D eigenvalue weighted by Crippen LogP contribution is -2.87. The summed E-state index contributed by atoms with van der Waals surface area (Å²) in [6.45, 7) is 2.98. The number of rotatable bonds is 25. The Kier molecular flexibility index (Phi) is 22.2. The van der Waals surface area contributed by atoms with E-state index in [-0.39, 0.29) is 6.61 Å². The lowest BCUT2D eigenvalue weighted by Gasteiger charge is -2.71. The minimum Gasteiger partial charge on any atom is -0.396 e. The molecule has 83 heavy (non-hydrogen) atoms. The van der Waals surface area contributed by atoms with E-state index in [9.17, 15) is 117 Å². The third-order valence-corrected chi connectivity index (χ3v) is 19.6. The van der Waals surface area contributed by atoms with Crippen LogP contribution in [0.4, 0.5) is 0 Å². The normalized spacial score (nSPS) is 50.3. The highest BCUT2D eigenvalue weighted by Crippen LogP contribution is 2.65. The third kappa shape index (κ3) is 11.8. The summed E-state index contributed by atoms with van der Waals surface area (Å²) in [6.07, 6.45) is -42.9. The summed E-state index contributed by atoms with van der Waals surface area (Å²) in [5.41, 5.74) is -4.49. The summed E-state index contributed by atoms with van der Waals surface area (Å²) in [5, 5.41) is 260. The molecule has 0 aromatic heterocycles. The first-order chi connectivity index (χ1) is 38.6. The van der Waals surface area contributed by atoms with Crippen molar-refractivity contribution in [3.8, 4) is 0 Å². The van der Waals surface area contributed by atoms with E-state index >= 15 is 0 Å². The fourth-order valence-corrected chi connectivity index (χ4v) is 15.1.